The number of carbonyl (C=O) groups excluding carboxylic acids is 1. The predicted molar refractivity (Wildman–Crippen MR) is 100 cm³/mol. The summed E-state index contributed by atoms with van der Waals surface area (Å²) in [6, 6.07) is 7.94. The number of Topliss-reactive ketones (excluding diaryl/α,β-unsaturated/α-hetero) is 1. The van der Waals surface area contributed by atoms with E-state index in [1.165, 1.54) is 5.56 Å². The van der Waals surface area contributed by atoms with Gasteiger partial charge in [0.15, 0.2) is 5.78 Å². The van der Waals surface area contributed by atoms with E-state index in [2.05, 4.69) is 21.9 Å². The minimum Gasteiger partial charge on any atom is -0.481 e. The van der Waals surface area contributed by atoms with E-state index in [4.69, 9.17) is 21.4 Å². The summed E-state index contributed by atoms with van der Waals surface area (Å²) in [4.78, 5) is 27.4. The summed E-state index contributed by atoms with van der Waals surface area (Å²) in [6.45, 7) is 7.57. The number of carboxylic acids is 1. The summed E-state index contributed by atoms with van der Waals surface area (Å²) in [7, 11) is 0. The minimum absolute atomic E-state index is 0.124. The Morgan fingerprint density at radius 3 is 2.35 bits per heavy atom. The standard InChI is InChI=1S/C19H27ClN2O4/c1-2-17(19(24)25)18(23)14-26-12-11-21-7-9-22(10-8-21)13-15-3-5-16(20)6-4-15/h3-6,17H,2,7-14H2,1H3,(H,24,25). The molecule has 7 heteroatoms. The Morgan fingerprint density at radius 1 is 1.15 bits per heavy atom. The first-order chi connectivity index (χ1) is 12.5. The van der Waals surface area contributed by atoms with Crippen LogP contribution in [0.4, 0.5) is 0 Å². The van der Waals surface area contributed by atoms with E-state index in [1.807, 2.05) is 12.1 Å². The highest BCUT2D eigenvalue weighted by molar-refractivity contribution is 6.30. The molecular weight excluding hydrogens is 356 g/mol. The van der Waals surface area contributed by atoms with Gasteiger partial charge in [0, 0.05) is 44.3 Å². The average molecular weight is 383 g/mol. The Labute approximate surface area is 159 Å². The maximum Gasteiger partial charge on any atom is 0.314 e. The number of ketones is 1. The fourth-order valence-electron chi connectivity index (χ4n) is 3.03. The van der Waals surface area contributed by atoms with Crippen molar-refractivity contribution < 1.29 is 19.4 Å². The quantitative estimate of drug-likeness (QED) is 0.494. The summed E-state index contributed by atoms with van der Waals surface area (Å²) in [5.41, 5.74) is 1.26. The predicted octanol–water partition coefficient (Wildman–Crippen LogP) is 2.15. The van der Waals surface area contributed by atoms with Crippen LogP contribution in [0.5, 0.6) is 0 Å². The molecule has 1 aromatic carbocycles. The number of aliphatic carboxylic acids is 1. The van der Waals surface area contributed by atoms with Crippen LogP contribution in [0.25, 0.3) is 0 Å². The van der Waals surface area contributed by atoms with Crippen LogP contribution < -0.4 is 0 Å². The van der Waals surface area contributed by atoms with Gasteiger partial charge in [-0.05, 0) is 24.1 Å². The summed E-state index contributed by atoms with van der Waals surface area (Å²) < 4.78 is 5.38. The number of carboxylic acid groups (broad SMARTS) is 1. The number of ether oxygens (including phenoxy) is 1. The minimum atomic E-state index is -1.07. The van der Waals surface area contributed by atoms with Gasteiger partial charge >= 0.3 is 5.97 Å². The van der Waals surface area contributed by atoms with E-state index in [-0.39, 0.29) is 12.4 Å². The second kappa shape index (κ2) is 10.6. The van der Waals surface area contributed by atoms with Crippen molar-refractivity contribution in [3.63, 3.8) is 0 Å². The molecule has 1 aliphatic heterocycles. The van der Waals surface area contributed by atoms with Crippen LogP contribution in [0.3, 0.4) is 0 Å². The smallest absolute Gasteiger partial charge is 0.314 e. The Hall–Kier alpha value is -1.47. The third-order valence-electron chi connectivity index (χ3n) is 4.68. The summed E-state index contributed by atoms with van der Waals surface area (Å²) >= 11 is 5.91. The molecule has 1 unspecified atom stereocenters. The van der Waals surface area contributed by atoms with Crippen molar-refractivity contribution in [2.24, 2.45) is 5.92 Å². The second-order valence-corrected chi connectivity index (χ2v) is 7.00. The van der Waals surface area contributed by atoms with Crippen LogP contribution in [0.15, 0.2) is 24.3 Å². The van der Waals surface area contributed by atoms with Crippen molar-refractivity contribution in [3.8, 4) is 0 Å². The molecule has 1 fully saturated rings. The molecule has 0 radical (unpaired) electrons. The molecule has 1 atom stereocenters. The molecule has 0 spiro atoms. The zero-order valence-corrected chi connectivity index (χ0v) is 16.0. The topological polar surface area (TPSA) is 70.1 Å². The molecule has 1 heterocycles. The molecule has 0 bridgehead atoms. The molecule has 6 nitrogen and oxygen atoms in total. The first-order valence-corrected chi connectivity index (χ1v) is 9.39. The van der Waals surface area contributed by atoms with Crippen LogP contribution in [0, 0.1) is 5.92 Å². The van der Waals surface area contributed by atoms with Gasteiger partial charge in [-0.25, -0.2) is 0 Å². The Morgan fingerprint density at radius 2 is 1.77 bits per heavy atom. The van der Waals surface area contributed by atoms with Gasteiger partial charge in [-0.1, -0.05) is 30.7 Å². The van der Waals surface area contributed by atoms with Crippen LogP contribution >= 0.6 is 11.6 Å². The van der Waals surface area contributed by atoms with Crippen molar-refractivity contribution in [2.75, 3.05) is 45.9 Å². The lowest BCUT2D eigenvalue weighted by atomic mass is 10.0. The molecule has 144 valence electrons. The van der Waals surface area contributed by atoms with Crippen molar-refractivity contribution in [1.29, 1.82) is 0 Å². The Kier molecular flexibility index (Phi) is 8.51. The van der Waals surface area contributed by atoms with Crippen LogP contribution in [0.2, 0.25) is 5.02 Å². The van der Waals surface area contributed by atoms with Gasteiger partial charge in [-0.15, -0.1) is 0 Å². The molecule has 1 N–H and O–H groups in total. The number of nitrogens with zero attached hydrogens (tertiary/aromatic N) is 2. The van der Waals surface area contributed by atoms with Gasteiger partial charge in [0.25, 0.3) is 0 Å². The molecule has 0 aliphatic carbocycles. The summed E-state index contributed by atoms with van der Waals surface area (Å²) in [6.07, 6.45) is 0.299. The Bertz CT molecular complexity index is 586. The SMILES string of the molecule is CCC(C(=O)O)C(=O)COCCN1CCN(Cc2ccc(Cl)cc2)CC1. The van der Waals surface area contributed by atoms with Crippen LogP contribution in [-0.4, -0.2) is 72.6 Å². The first kappa shape index (κ1) is 20.8. The van der Waals surface area contributed by atoms with E-state index in [0.717, 1.165) is 44.3 Å². The summed E-state index contributed by atoms with van der Waals surface area (Å²) in [5.74, 6) is -2.38. The lowest BCUT2D eigenvalue weighted by molar-refractivity contribution is -0.147. The van der Waals surface area contributed by atoms with Gasteiger partial charge in [-0.2, -0.15) is 0 Å². The molecule has 2 rings (SSSR count). The molecule has 26 heavy (non-hydrogen) atoms. The fraction of sp³-hybridized carbons (Fsp3) is 0.579. The highest BCUT2D eigenvalue weighted by Crippen LogP contribution is 2.13. The lowest BCUT2D eigenvalue weighted by Gasteiger charge is -2.34. The molecule has 1 aromatic rings. The van der Waals surface area contributed by atoms with E-state index < -0.39 is 11.9 Å². The number of hydrogen-bond acceptors (Lipinski definition) is 5. The van der Waals surface area contributed by atoms with Gasteiger partial charge in [0.2, 0.25) is 0 Å². The van der Waals surface area contributed by atoms with E-state index in [1.54, 1.807) is 6.92 Å². The molecule has 0 saturated carbocycles. The highest BCUT2D eigenvalue weighted by atomic mass is 35.5. The van der Waals surface area contributed by atoms with Crippen LogP contribution in [0.1, 0.15) is 18.9 Å². The van der Waals surface area contributed by atoms with E-state index >= 15 is 0 Å². The van der Waals surface area contributed by atoms with Crippen molar-refractivity contribution >= 4 is 23.4 Å². The van der Waals surface area contributed by atoms with E-state index in [9.17, 15) is 9.59 Å². The number of piperazine rings is 1. The second-order valence-electron chi connectivity index (χ2n) is 6.56. The van der Waals surface area contributed by atoms with Gasteiger partial charge in [-0.3, -0.25) is 19.4 Å². The number of halogens is 1. The molecule has 1 saturated heterocycles. The number of rotatable bonds is 10. The monoisotopic (exact) mass is 382 g/mol. The largest absolute Gasteiger partial charge is 0.481 e. The maximum atomic E-state index is 11.8. The zero-order valence-electron chi connectivity index (χ0n) is 15.2. The fourth-order valence-corrected chi connectivity index (χ4v) is 3.15. The Balaban J connectivity index is 1.61. The third-order valence-corrected chi connectivity index (χ3v) is 4.93. The lowest BCUT2D eigenvalue weighted by Crippen LogP contribution is -2.46. The number of benzene rings is 1. The first-order valence-electron chi connectivity index (χ1n) is 9.02. The zero-order chi connectivity index (χ0) is 18.9. The molecule has 1 aliphatic rings. The number of hydrogen-bond donors (Lipinski definition) is 1. The maximum absolute atomic E-state index is 11.8. The van der Waals surface area contributed by atoms with Gasteiger partial charge in [0.05, 0.1) is 6.61 Å². The molecular formula is C19H27ClN2O4. The number of carbonyl (C=O) groups is 2. The molecule has 0 aromatic heterocycles. The van der Waals surface area contributed by atoms with Crippen LogP contribution in [-0.2, 0) is 20.9 Å². The van der Waals surface area contributed by atoms with Gasteiger partial charge < -0.3 is 9.84 Å². The molecule has 0 amide bonds. The van der Waals surface area contributed by atoms with Crippen molar-refractivity contribution in [1.82, 2.24) is 9.80 Å². The summed E-state index contributed by atoms with van der Waals surface area (Å²) in [5, 5.41) is 9.71. The average Bonchev–Trinajstić information content (AvgIpc) is 2.62. The normalized spacial score (nSPS) is 17.2. The van der Waals surface area contributed by atoms with Crippen molar-refractivity contribution in [2.45, 2.75) is 19.9 Å². The van der Waals surface area contributed by atoms with Gasteiger partial charge in [0.1, 0.15) is 12.5 Å². The van der Waals surface area contributed by atoms with Crippen molar-refractivity contribution in [3.05, 3.63) is 34.9 Å². The highest BCUT2D eigenvalue weighted by Gasteiger charge is 2.24. The van der Waals surface area contributed by atoms with E-state index in [0.29, 0.717) is 13.0 Å². The third kappa shape index (κ3) is 6.68.